The van der Waals surface area contributed by atoms with E-state index in [1.54, 1.807) is 55.3 Å². The zero-order valence-electron chi connectivity index (χ0n) is 23.6. The molecule has 1 aliphatic rings. The topological polar surface area (TPSA) is 176 Å². The lowest BCUT2D eigenvalue weighted by molar-refractivity contribution is 0.0223. The average molecular weight is 557 g/mol. The Bertz CT molecular complexity index is 1560. The maximum atomic E-state index is 12.9. The molecule has 0 bridgehead atoms. The molecule has 3 heterocycles. The molecule has 0 radical (unpaired) electrons. The summed E-state index contributed by atoms with van der Waals surface area (Å²) in [5.74, 6) is -1.39. The monoisotopic (exact) mass is 556 g/mol. The third-order valence-electron chi connectivity index (χ3n) is 6.41. The number of hydrogen-bond donors (Lipinski definition) is 3. The van der Waals surface area contributed by atoms with E-state index >= 15 is 0 Å². The number of nitriles is 1. The Balaban J connectivity index is 1.43. The molecule has 12 heteroatoms. The van der Waals surface area contributed by atoms with Crippen LogP contribution < -0.4 is 16.6 Å². The highest BCUT2D eigenvalue weighted by Gasteiger charge is 2.26. The van der Waals surface area contributed by atoms with Crippen molar-refractivity contribution in [3.63, 3.8) is 0 Å². The minimum atomic E-state index is -0.824. The lowest BCUT2D eigenvalue weighted by atomic mass is 9.90. The summed E-state index contributed by atoms with van der Waals surface area (Å²) in [6, 6.07) is 10.7. The van der Waals surface area contributed by atoms with Crippen LogP contribution in [0.15, 0.2) is 42.7 Å². The first-order chi connectivity index (χ1) is 19.3. The Morgan fingerprint density at radius 2 is 1.76 bits per heavy atom. The molecule has 0 unspecified atom stereocenters. The maximum absolute atomic E-state index is 12.9. The van der Waals surface area contributed by atoms with Gasteiger partial charge in [-0.2, -0.15) is 5.26 Å². The Labute approximate surface area is 237 Å². The molecule has 0 fully saturated rings. The predicted molar refractivity (Wildman–Crippen MR) is 150 cm³/mol. The van der Waals surface area contributed by atoms with Crippen molar-refractivity contribution >= 4 is 23.7 Å². The number of nitrogens with one attached hydrogen (secondary N) is 2. The lowest BCUT2D eigenvalue weighted by Crippen LogP contribution is -2.42. The van der Waals surface area contributed by atoms with Crippen LogP contribution in [-0.2, 0) is 23.1 Å². The Kier molecular flexibility index (Phi) is 7.91. The van der Waals surface area contributed by atoms with Gasteiger partial charge in [-0.05, 0) is 76.4 Å². The van der Waals surface area contributed by atoms with Gasteiger partial charge in [0.2, 0.25) is 0 Å². The Hall–Kier alpha value is -5.05. The van der Waals surface area contributed by atoms with Gasteiger partial charge in [0.15, 0.2) is 11.5 Å². The van der Waals surface area contributed by atoms with E-state index in [0.717, 1.165) is 11.1 Å². The molecule has 41 heavy (non-hydrogen) atoms. The summed E-state index contributed by atoms with van der Waals surface area (Å²) >= 11 is 0. The van der Waals surface area contributed by atoms with Crippen LogP contribution in [0.2, 0.25) is 0 Å². The van der Waals surface area contributed by atoms with Crippen LogP contribution in [-0.4, -0.2) is 49.9 Å². The summed E-state index contributed by atoms with van der Waals surface area (Å²) in [6.07, 6.45) is 3.15. The fourth-order valence-corrected chi connectivity index (χ4v) is 4.11. The smallest absolute Gasteiger partial charge is 0.410 e. The van der Waals surface area contributed by atoms with Crippen LogP contribution in [0.4, 0.5) is 10.6 Å². The fraction of sp³-hybridized carbons (Fsp3) is 0.345. The molecule has 0 saturated heterocycles. The van der Waals surface area contributed by atoms with Crippen molar-refractivity contribution in [3.8, 4) is 17.3 Å². The summed E-state index contributed by atoms with van der Waals surface area (Å²) in [5, 5.41) is 9.43. The number of aromatic nitrogens is 3. The van der Waals surface area contributed by atoms with Gasteiger partial charge in [-0.1, -0.05) is 6.07 Å². The number of hydrogen-bond acceptors (Lipinski definition) is 9. The van der Waals surface area contributed by atoms with E-state index in [1.165, 1.54) is 6.20 Å². The van der Waals surface area contributed by atoms with Crippen LogP contribution in [0.3, 0.4) is 0 Å². The Morgan fingerprint density at radius 3 is 2.46 bits per heavy atom. The van der Waals surface area contributed by atoms with Gasteiger partial charge < -0.3 is 15.4 Å². The van der Waals surface area contributed by atoms with Crippen molar-refractivity contribution in [2.24, 2.45) is 0 Å². The normalized spacial score (nSPS) is 13.0. The fourth-order valence-electron chi connectivity index (χ4n) is 4.11. The van der Waals surface area contributed by atoms with Crippen LogP contribution in [0.25, 0.3) is 11.3 Å². The number of amides is 3. The number of hydrazine groups is 1. The molecule has 0 atom stereocenters. The highest BCUT2D eigenvalue weighted by Crippen LogP contribution is 2.26. The summed E-state index contributed by atoms with van der Waals surface area (Å²) in [6.45, 7) is 9.79. The molecule has 212 valence electrons. The summed E-state index contributed by atoms with van der Waals surface area (Å²) in [4.78, 5) is 52.4. The third-order valence-corrected chi connectivity index (χ3v) is 6.41. The molecule has 0 saturated carbocycles. The Morgan fingerprint density at radius 1 is 1.02 bits per heavy atom. The number of nitrogens with zero attached hydrogens (tertiary/aromatic N) is 5. The highest BCUT2D eigenvalue weighted by molar-refractivity contribution is 6.00. The second-order valence-corrected chi connectivity index (χ2v) is 11.2. The van der Waals surface area contributed by atoms with Crippen molar-refractivity contribution < 1.29 is 19.1 Å². The van der Waals surface area contributed by atoms with Crippen LogP contribution in [0, 0.1) is 11.3 Å². The molecule has 0 aliphatic carbocycles. The number of anilines is 1. The van der Waals surface area contributed by atoms with Gasteiger partial charge in [0.05, 0.1) is 29.1 Å². The second-order valence-electron chi connectivity index (χ2n) is 11.2. The number of ether oxygens (including phenoxy) is 1. The van der Waals surface area contributed by atoms with Gasteiger partial charge >= 0.3 is 6.09 Å². The van der Waals surface area contributed by atoms with Crippen LogP contribution in [0.5, 0.6) is 0 Å². The van der Waals surface area contributed by atoms with E-state index < -0.39 is 22.8 Å². The molecule has 1 aliphatic heterocycles. The standard InChI is InChI=1S/C29H32N8O4/c1-28(2,3)41-27(40)37-11-9-17-12-19(6-7-20(17)15-37)25(38)35-36-26(39)23-24(31)33-14-21(34-23)18-8-10-32-22(13-18)29(4,5)16-30/h6-8,10,12-14H,9,11,15H2,1-5H3,(H2,31,33)(H,35,38)(H,36,39). The number of fused-ring (bicyclic) bond motifs is 1. The van der Waals surface area contributed by atoms with Crippen molar-refractivity contribution in [2.75, 3.05) is 12.3 Å². The highest BCUT2D eigenvalue weighted by atomic mass is 16.6. The van der Waals surface area contributed by atoms with E-state index in [9.17, 15) is 19.6 Å². The summed E-state index contributed by atoms with van der Waals surface area (Å²) < 4.78 is 5.46. The van der Waals surface area contributed by atoms with Gasteiger partial charge in [0.1, 0.15) is 5.60 Å². The van der Waals surface area contributed by atoms with Gasteiger partial charge in [-0.3, -0.25) is 25.4 Å². The minimum Gasteiger partial charge on any atom is -0.444 e. The van der Waals surface area contributed by atoms with Crippen LogP contribution in [0.1, 0.15) is 72.3 Å². The quantitative estimate of drug-likeness (QED) is 0.407. The van der Waals surface area contributed by atoms with E-state index in [4.69, 9.17) is 10.5 Å². The zero-order valence-corrected chi connectivity index (χ0v) is 23.6. The largest absolute Gasteiger partial charge is 0.444 e. The molecule has 0 spiro atoms. The van der Waals surface area contributed by atoms with Crippen molar-refractivity contribution in [3.05, 3.63) is 70.8 Å². The number of carbonyl (C=O) groups is 3. The third kappa shape index (κ3) is 6.75. The minimum absolute atomic E-state index is 0.115. The van der Waals surface area contributed by atoms with Crippen molar-refractivity contribution in [2.45, 2.75) is 58.6 Å². The molecule has 12 nitrogen and oxygen atoms in total. The molecule has 2 aromatic heterocycles. The number of carbonyl (C=O) groups excluding carboxylic acids is 3. The van der Waals surface area contributed by atoms with Gasteiger partial charge in [-0.25, -0.2) is 14.8 Å². The molecule has 4 rings (SSSR count). The number of rotatable bonds is 4. The summed E-state index contributed by atoms with van der Waals surface area (Å²) in [7, 11) is 0. The maximum Gasteiger partial charge on any atom is 0.410 e. The molecule has 3 aromatic rings. The van der Waals surface area contributed by atoms with E-state index in [0.29, 0.717) is 42.0 Å². The zero-order chi connectivity index (χ0) is 29.9. The SMILES string of the molecule is CC(C)(C)OC(=O)N1CCc2cc(C(=O)NNC(=O)c3nc(-c4ccnc(C(C)(C)C#N)c4)cnc3N)ccc2C1. The van der Waals surface area contributed by atoms with Crippen LogP contribution >= 0.6 is 0 Å². The van der Waals surface area contributed by atoms with E-state index in [2.05, 4.69) is 31.9 Å². The summed E-state index contributed by atoms with van der Waals surface area (Å²) in [5.41, 5.74) is 12.7. The van der Waals surface area contributed by atoms with Crippen molar-refractivity contribution in [1.82, 2.24) is 30.7 Å². The van der Waals surface area contributed by atoms with E-state index in [1.807, 2.05) is 20.8 Å². The number of nitrogen functional groups attached to an aromatic ring is 1. The molecule has 1 aromatic carbocycles. The van der Waals surface area contributed by atoms with Crippen molar-refractivity contribution in [1.29, 1.82) is 5.26 Å². The molecular weight excluding hydrogens is 524 g/mol. The first-order valence-corrected chi connectivity index (χ1v) is 13.0. The molecule has 4 N–H and O–H groups in total. The van der Waals surface area contributed by atoms with Gasteiger partial charge in [0, 0.05) is 30.4 Å². The second kappa shape index (κ2) is 11.2. The lowest BCUT2D eigenvalue weighted by Gasteiger charge is -2.31. The number of benzene rings is 1. The molecular formula is C29H32N8O4. The average Bonchev–Trinajstić information content (AvgIpc) is 2.94. The molecule has 3 amide bonds. The first kappa shape index (κ1) is 28.9. The van der Waals surface area contributed by atoms with E-state index in [-0.39, 0.29) is 17.6 Å². The number of nitrogens with two attached hydrogens (primary N) is 1. The van der Waals surface area contributed by atoms with Gasteiger partial charge in [-0.15, -0.1) is 0 Å². The predicted octanol–water partition coefficient (Wildman–Crippen LogP) is 3.29. The number of pyridine rings is 1. The van der Waals surface area contributed by atoms with Gasteiger partial charge in [0.25, 0.3) is 11.8 Å². The first-order valence-electron chi connectivity index (χ1n) is 13.0.